The Bertz CT molecular complexity index is 147. The van der Waals surface area contributed by atoms with Crippen molar-refractivity contribution in [2.24, 2.45) is 0 Å². The Morgan fingerprint density at radius 1 is 1.17 bits per heavy atom. The van der Waals surface area contributed by atoms with E-state index in [9.17, 15) is 4.79 Å². The van der Waals surface area contributed by atoms with Crippen molar-refractivity contribution < 1.29 is 30.3 Å². The summed E-state index contributed by atoms with van der Waals surface area (Å²) >= 11 is 0. The zero-order chi connectivity index (χ0) is 9.72. The molecule has 0 amide bonds. The fraction of sp³-hybridized carbons (Fsp3) is 0.833. The van der Waals surface area contributed by atoms with Crippen LogP contribution in [0.4, 0.5) is 0 Å². The van der Waals surface area contributed by atoms with E-state index in [1.807, 2.05) is 0 Å². The summed E-state index contributed by atoms with van der Waals surface area (Å²) in [4.78, 5) is 10.5. The van der Waals surface area contributed by atoms with Crippen molar-refractivity contribution in [2.45, 2.75) is 18.3 Å². The molecule has 0 radical (unpaired) electrons. The summed E-state index contributed by atoms with van der Waals surface area (Å²) in [6.45, 7) is -1.69. The first-order chi connectivity index (χ1) is 5.54. The molecule has 72 valence electrons. The van der Waals surface area contributed by atoms with Gasteiger partial charge in [0.05, 0.1) is 6.61 Å². The average molecular weight is 181 g/mol. The van der Waals surface area contributed by atoms with Gasteiger partial charge in [0.25, 0.3) is 0 Å². The number of hydrogen-bond acceptors (Lipinski definition) is 6. The zero-order valence-electron chi connectivity index (χ0n) is 6.29. The van der Waals surface area contributed by atoms with Crippen molar-refractivity contribution in [3.05, 3.63) is 0 Å². The van der Waals surface area contributed by atoms with Gasteiger partial charge in [0.2, 0.25) is 0 Å². The molecule has 0 aliphatic rings. The maximum Gasteiger partial charge on any atom is 0.189 e. The van der Waals surface area contributed by atoms with Crippen LogP contribution in [0.5, 0.6) is 0 Å². The second-order valence-electron chi connectivity index (χ2n) is 2.31. The number of aliphatic hydroxyl groups is 5. The standard InChI is InChI=1S/C6H12O6/c7-1-3(9)5(11)6(12)4(10)2-8/h3,5-9,11-12H,1-2H2/t3-,5+,6-/m1/s1/i4+1. The van der Waals surface area contributed by atoms with Crippen molar-refractivity contribution in [3.63, 3.8) is 0 Å². The number of Topliss-reactive ketones (excluding diaryl/α,β-unsaturated/α-hetero) is 1. The van der Waals surface area contributed by atoms with Crippen LogP contribution in [0.2, 0.25) is 0 Å². The zero-order valence-corrected chi connectivity index (χ0v) is 6.29. The number of aliphatic hydroxyl groups excluding tert-OH is 5. The lowest BCUT2D eigenvalue weighted by atomic mass is 10.1. The summed E-state index contributed by atoms with van der Waals surface area (Å²) in [5.41, 5.74) is 0. The highest BCUT2D eigenvalue weighted by atomic mass is 16.4. The summed E-state index contributed by atoms with van der Waals surface area (Å²) in [7, 11) is 0. The molecule has 5 N–H and O–H groups in total. The van der Waals surface area contributed by atoms with Crippen LogP contribution in [0.15, 0.2) is 0 Å². The third kappa shape index (κ3) is 2.84. The van der Waals surface area contributed by atoms with Gasteiger partial charge in [-0.1, -0.05) is 0 Å². The second-order valence-corrected chi connectivity index (χ2v) is 2.31. The van der Waals surface area contributed by atoms with Crippen LogP contribution in [0.3, 0.4) is 0 Å². The summed E-state index contributed by atoms with van der Waals surface area (Å²) in [5.74, 6) is -1.00. The van der Waals surface area contributed by atoms with Gasteiger partial charge in [-0.2, -0.15) is 0 Å². The third-order valence-electron chi connectivity index (χ3n) is 1.39. The predicted octanol–water partition coefficient (Wildman–Crippen LogP) is -3.38. The van der Waals surface area contributed by atoms with Crippen LogP contribution in [-0.4, -0.2) is 62.8 Å². The Labute approximate surface area is 68.7 Å². The van der Waals surface area contributed by atoms with E-state index in [2.05, 4.69) is 0 Å². The summed E-state index contributed by atoms with van der Waals surface area (Å²) in [5, 5.41) is 43.1. The van der Waals surface area contributed by atoms with Gasteiger partial charge in [0.15, 0.2) is 5.78 Å². The molecule has 0 saturated heterocycles. The first-order valence-corrected chi connectivity index (χ1v) is 3.33. The smallest absolute Gasteiger partial charge is 0.189 e. The number of rotatable bonds is 5. The van der Waals surface area contributed by atoms with E-state index >= 15 is 0 Å². The van der Waals surface area contributed by atoms with Gasteiger partial charge in [-0.15, -0.1) is 0 Å². The molecule has 6 heteroatoms. The van der Waals surface area contributed by atoms with Gasteiger partial charge in [-0.25, -0.2) is 0 Å². The fourth-order valence-corrected chi connectivity index (χ4v) is 0.602. The second kappa shape index (κ2) is 5.18. The molecular weight excluding hydrogens is 169 g/mol. The van der Waals surface area contributed by atoms with Crippen molar-refractivity contribution in [3.8, 4) is 0 Å². The minimum Gasteiger partial charge on any atom is -0.394 e. The van der Waals surface area contributed by atoms with E-state index in [0.717, 1.165) is 0 Å². The molecule has 0 aliphatic heterocycles. The number of carbonyl (C=O) groups is 1. The largest absolute Gasteiger partial charge is 0.394 e. The topological polar surface area (TPSA) is 118 Å². The van der Waals surface area contributed by atoms with E-state index in [1.54, 1.807) is 0 Å². The van der Waals surface area contributed by atoms with Gasteiger partial charge < -0.3 is 25.5 Å². The molecule has 0 rings (SSSR count). The highest BCUT2D eigenvalue weighted by molar-refractivity contribution is 5.84. The molecule has 12 heavy (non-hydrogen) atoms. The molecule has 0 bridgehead atoms. The van der Waals surface area contributed by atoms with Crippen LogP contribution in [0.1, 0.15) is 0 Å². The lowest BCUT2D eigenvalue weighted by Gasteiger charge is -2.19. The van der Waals surface area contributed by atoms with Crippen LogP contribution >= 0.6 is 0 Å². The minimum absolute atomic E-state index is 0.767. The number of ketones is 1. The van der Waals surface area contributed by atoms with E-state index in [1.165, 1.54) is 0 Å². The van der Waals surface area contributed by atoms with Crippen molar-refractivity contribution in [1.82, 2.24) is 0 Å². The van der Waals surface area contributed by atoms with Gasteiger partial charge in [0, 0.05) is 0 Å². The maximum absolute atomic E-state index is 10.5. The number of carbonyl (C=O) groups excluding carboxylic acids is 1. The van der Waals surface area contributed by atoms with Crippen molar-refractivity contribution in [2.75, 3.05) is 13.2 Å². The van der Waals surface area contributed by atoms with Gasteiger partial charge in [-0.3, -0.25) is 4.79 Å². The third-order valence-corrected chi connectivity index (χ3v) is 1.39. The highest BCUT2D eigenvalue weighted by Crippen LogP contribution is 2.00. The quantitative estimate of drug-likeness (QED) is 0.282. The normalized spacial score (nSPS) is 18.4. The summed E-state index contributed by atoms with van der Waals surface area (Å²) in [6, 6.07) is 0. The molecule has 6 nitrogen and oxygen atoms in total. The SMILES string of the molecule is O=[13C](CO)[C@@H](O)[C@@H](O)[C@H](O)CO. The fourth-order valence-electron chi connectivity index (χ4n) is 0.602. The van der Waals surface area contributed by atoms with Gasteiger partial charge >= 0.3 is 0 Å². The van der Waals surface area contributed by atoms with E-state index < -0.39 is 37.3 Å². The molecule has 0 aromatic carbocycles. The Morgan fingerprint density at radius 2 is 1.67 bits per heavy atom. The minimum atomic E-state index is -1.86. The van der Waals surface area contributed by atoms with E-state index in [-0.39, 0.29) is 0 Å². The van der Waals surface area contributed by atoms with Crippen LogP contribution in [0.25, 0.3) is 0 Å². The Hall–Kier alpha value is -0.530. The van der Waals surface area contributed by atoms with E-state index in [0.29, 0.717) is 0 Å². The highest BCUT2D eigenvalue weighted by Gasteiger charge is 2.28. The lowest BCUT2D eigenvalue weighted by molar-refractivity contribution is -0.142. The van der Waals surface area contributed by atoms with Gasteiger partial charge in [0.1, 0.15) is 24.9 Å². The molecule has 0 spiro atoms. The molecule has 0 saturated carbocycles. The predicted molar refractivity (Wildman–Crippen MR) is 37.2 cm³/mol. The molecule has 0 unspecified atom stereocenters. The van der Waals surface area contributed by atoms with Gasteiger partial charge in [-0.05, 0) is 0 Å². The summed E-state index contributed by atoms with van der Waals surface area (Å²) < 4.78 is 0. The molecule has 0 aromatic rings. The first-order valence-electron chi connectivity index (χ1n) is 3.33. The number of hydrogen-bond donors (Lipinski definition) is 5. The maximum atomic E-state index is 10.5. The van der Waals surface area contributed by atoms with Crippen molar-refractivity contribution >= 4 is 5.78 Å². The molecule has 0 aliphatic carbocycles. The Balaban J connectivity index is 4.08. The lowest BCUT2D eigenvalue weighted by Crippen LogP contribution is -2.44. The Morgan fingerprint density at radius 3 is 2.00 bits per heavy atom. The molecule has 3 atom stereocenters. The Kier molecular flexibility index (Phi) is 4.95. The van der Waals surface area contributed by atoms with Crippen LogP contribution < -0.4 is 0 Å². The van der Waals surface area contributed by atoms with Crippen LogP contribution in [-0.2, 0) is 4.79 Å². The average Bonchev–Trinajstić information content (AvgIpc) is 2.12. The van der Waals surface area contributed by atoms with E-state index in [4.69, 9.17) is 25.5 Å². The monoisotopic (exact) mass is 181 g/mol. The molecular formula is C6H12O6. The molecule has 0 fully saturated rings. The summed E-state index contributed by atoms with van der Waals surface area (Å²) in [6.07, 6.45) is -5.22. The first kappa shape index (κ1) is 11.5. The molecule has 0 heterocycles. The molecule has 0 aromatic heterocycles. The van der Waals surface area contributed by atoms with Crippen molar-refractivity contribution in [1.29, 1.82) is 0 Å². The van der Waals surface area contributed by atoms with Crippen LogP contribution in [0, 0.1) is 0 Å².